The van der Waals surface area contributed by atoms with Crippen molar-refractivity contribution in [1.82, 2.24) is 9.88 Å². The number of rotatable bonds is 5. The van der Waals surface area contributed by atoms with Crippen molar-refractivity contribution in [2.75, 3.05) is 7.11 Å². The van der Waals surface area contributed by atoms with Crippen molar-refractivity contribution in [3.63, 3.8) is 0 Å². The molecule has 1 fully saturated rings. The summed E-state index contributed by atoms with van der Waals surface area (Å²) < 4.78 is 6.11. The second kappa shape index (κ2) is 8.73. The number of carbonyl (C=O) groups is 2. The minimum atomic E-state index is -0.738. The van der Waals surface area contributed by atoms with Gasteiger partial charge in [0.05, 0.1) is 18.7 Å². The van der Waals surface area contributed by atoms with Gasteiger partial charge in [-0.1, -0.05) is 40.2 Å². The summed E-state index contributed by atoms with van der Waals surface area (Å²) in [5.74, 6) is -0.932. The smallest absolute Gasteiger partial charge is 0.295 e. The lowest BCUT2D eigenvalue weighted by molar-refractivity contribution is -0.140. The van der Waals surface area contributed by atoms with Gasteiger partial charge in [0.2, 0.25) is 0 Å². The van der Waals surface area contributed by atoms with E-state index in [0.29, 0.717) is 16.9 Å². The Balaban J connectivity index is 1.83. The number of benzene rings is 2. The molecule has 2 heterocycles. The molecule has 1 N–H and O–H groups in total. The van der Waals surface area contributed by atoms with Crippen LogP contribution < -0.4 is 4.74 Å². The second-order valence-corrected chi connectivity index (χ2v) is 7.98. The van der Waals surface area contributed by atoms with Crippen LogP contribution in [0, 0.1) is 0 Å². The first-order chi connectivity index (χ1) is 15.0. The van der Waals surface area contributed by atoms with E-state index >= 15 is 0 Å². The molecule has 156 valence electrons. The SMILES string of the molecule is COc1cccc(CN2C(=O)C(=O)/C(=C(\O)c3ccc(Br)cc3)C2c2ccncc2)c1. The molecule has 1 aliphatic rings. The molecule has 4 rings (SSSR count). The molecule has 0 radical (unpaired) electrons. The number of Topliss-reactive ketones (excluding diaryl/α,β-unsaturated/α-hetero) is 1. The lowest BCUT2D eigenvalue weighted by atomic mass is 9.96. The Bertz CT molecular complexity index is 1160. The number of nitrogens with zero attached hydrogens (tertiary/aromatic N) is 2. The Labute approximate surface area is 187 Å². The van der Waals surface area contributed by atoms with E-state index in [0.717, 1.165) is 10.0 Å². The van der Waals surface area contributed by atoms with Gasteiger partial charge >= 0.3 is 0 Å². The molecule has 1 atom stereocenters. The van der Waals surface area contributed by atoms with E-state index in [1.807, 2.05) is 24.3 Å². The zero-order chi connectivity index (χ0) is 22.0. The fourth-order valence-corrected chi connectivity index (χ4v) is 3.93. The van der Waals surface area contributed by atoms with Crippen LogP contribution in [0.4, 0.5) is 0 Å². The van der Waals surface area contributed by atoms with E-state index in [1.54, 1.807) is 55.9 Å². The molecule has 1 amide bonds. The third-order valence-electron chi connectivity index (χ3n) is 5.17. The van der Waals surface area contributed by atoms with Gasteiger partial charge in [0.25, 0.3) is 11.7 Å². The Morgan fingerprint density at radius 3 is 2.48 bits per heavy atom. The molecule has 0 spiro atoms. The van der Waals surface area contributed by atoms with Gasteiger partial charge in [-0.2, -0.15) is 0 Å². The summed E-state index contributed by atoms with van der Waals surface area (Å²) in [5.41, 5.74) is 2.02. The lowest BCUT2D eigenvalue weighted by Crippen LogP contribution is -2.29. The molecule has 2 aromatic carbocycles. The first kappa shape index (κ1) is 20.8. The number of carbonyl (C=O) groups excluding carboxylic acids is 2. The van der Waals surface area contributed by atoms with E-state index in [2.05, 4.69) is 20.9 Å². The van der Waals surface area contributed by atoms with Crippen molar-refractivity contribution < 1.29 is 19.4 Å². The maximum atomic E-state index is 13.0. The van der Waals surface area contributed by atoms with Crippen molar-refractivity contribution in [3.05, 3.63) is 99.8 Å². The first-order valence-corrected chi connectivity index (χ1v) is 10.4. The van der Waals surface area contributed by atoms with Crippen LogP contribution >= 0.6 is 15.9 Å². The number of aliphatic hydroxyl groups excluding tert-OH is 1. The largest absolute Gasteiger partial charge is 0.507 e. The van der Waals surface area contributed by atoms with Crippen LogP contribution in [0.1, 0.15) is 22.7 Å². The van der Waals surface area contributed by atoms with Crippen molar-refractivity contribution >= 4 is 33.4 Å². The van der Waals surface area contributed by atoms with Crippen molar-refractivity contribution in [2.45, 2.75) is 12.6 Å². The number of ketones is 1. The number of methoxy groups -OCH3 is 1. The molecule has 0 aliphatic carbocycles. The van der Waals surface area contributed by atoms with Gasteiger partial charge in [-0.25, -0.2) is 0 Å². The molecule has 1 unspecified atom stereocenters. The van der Waals surface area contributed by atoms with Crippen molar-refractivity contribution in [3.8, 4) is 5.75 Å². The summed E-state index contributed by atoms with van der Waals surface area (Å²) in [6, 6.07) is 17.0. The van der Waals surface area contributed by atoms with Crippen molar-refractivity contribution in [2.24, 2.45) is 0 Å². The fourth-order valence-electron chi connectivity index (χ4n) is 3.67. The number of aromatic nitrogens is 1. The molecular weight excluding hydrogens is 460 g/mol. The summed E-state index contributed by atoms with van der Waals surface area (Å²) in [6.07, 6.45) is 3.20. The molecule has 1 aromatic heterocycles. The highest BCUT2D eigenvalue weighted by molar-refractivity contribution is 9.10. The molecule has 31 heavy (non-hydrogen) atoms. The van der Waals surface area contributed by atoms with E-state index in [1.165, 1.54) is 4.90 Å². The highest BCUT2D eigenvalue weighted by atomic mass is 79.9. The van der Waals surface area contributed by atoms with Crippen LogP contribution in [0.25, 0.3) is 5.76 Å². The van der Waals surface area contributed by atoms with Crippen molar-refractivity contribution in [1.29, 1.82) is 0 Å². The van der Waals surface area contributed by atoms with E-state index < -0.39 is 17.7 Å². The summed E-state index contributed by atoms with van der Waals surface area (Å²) in [6.45, 7) is 0.186. The third-order valence-corrected chi connectivity index (χ3v) is 5.70. The number of hydrogen-bond acceptors (Lipinski definition) is 5. The molecule has 3 aromatic rings. The molecule has 0 saturated carbocycles. The zero-order valence-electron chi connectivity index (χ0n) is 16.7. The van der Waals surface area contributed by atoms with Gasteiger partial charge in [0.1, 0.15) is 11.5 Å². The normalized spacial score (nSPS) is 17.7. The molecule has 1 aliphatic heterocycles. The van der Waals surface area contributed by atoms with Crippen LogP contribution in [-0.2, 0) is 16.1 Å². The Hall–Kier alpha value is -3.45. The van der Waals surface area contributed by atoms with Crippen LogP contribution in [0.3, 0.4) is 0 Å². The summed E-state index contributed by atoms with van der Waals surface area (Å²) >= 11 is 3.36. The van der Waals surface area contributed by atoms with Gasteiger partial charge in [0, 0.05) is 29.0 Å². The van der Waals surface area contributed by atoms with Crippen LogP contribution in [0.2, 0.25) is 0 Å². The number of pyridine rings is 1. The van der Waals surface area contributed by atoms with Gasteiger partial charge in [0.15, 0.2) is 0 Å². The quantitative estimate of drug-likeness (QED) is 0.332. The Kier molecular flexibility index (Phi) is 5.86. The highest BCUT2D eigenvalue weighted by Crippen LogP contribution is 2.40. The molecule has 0 bridgehead atoms. The fraction of sp³-hybridized carbons (Fsp3) is 0.125. The second-order valence-electron chi connectivity index (χ2n) is 7.07. The van der Waals surface area contributed by atoms with Gasteiger partial charge < -0.3 is 14.7 Å². The lowest BCUT2D eigenvalue weighted by Gasteiger charge is -2.25. The first-order valence-electron chi connectivity index (χ1n) is 9.57. The van der Waals surface area contributed by atoms with E-state index in [-0.39, 0.29) is 17.9 Å². The van der Waals surface area contributed by atoms with Gasteiger partial charge in [-0.3, -0.25) is 14.6 Å². The summed E-state index contributed by atoms with van der Waals surface area (Å²) in [7, 11) is 1.57. The molecule has 7 heteroatoms. The predicted molar refractivity (Wildman–Crippen MR) is 119 cm³/mol. The number of halogens is 1. The average molecular weight is 479 g/mol. The molecule has 6 nitrogen and oxygen atoms in total. The Morgan fingerprint density at radius 1 is 1.10 bits per heavy atom. The van der Waals surface area contributed by atoms with Crippen LogP contribution in [0.5, 0.6) is 5.75 Å². The maximum Gasteiger partial charge on any atom is 0.295 e. The van der Waals surface area contributed by atoms with Gasteiger partial charge in [-0.15, -0.1) is 0 Å². The maximum absolute atomic E-state index is 13.0. The monoisotopic (exact) mass is 478 g/mol. The standard InChI is InChI=1S/C24H19BrN2O4/c1-31-19-4-2-3-15(13-19)14-27-21(16-9-11-26-12-10-16)20(23(29)24(27)30)22(28)17-5-7-18(25)8-6-17/h2-13,21,28H,14H2,1H3/b22-20-. The summed E-state index contributed by atoms with van der Waals surface area (Å²) in [5, 5.41) is 11.0. The topological polar surface area (TPSA) is 79.7 Å². The highest BCUT2D eigenvalue weighted by Gasteiger charge is 2.46. The minimum Gasteiger partial charge on any atom is -0.507 e. The Morgan fingerprint density at radius 2 is 1.81 bits per heavy atom. The minimum absolute atomic E-state index is 0.0569. The van der Waals surface area contributed by atoms with E-state index in [4.69, 9.17) is 4.74 Å². The number of amides is 1. The number of ether oxygens (including phenoxy) is 1. The average Bonchev–Trinajstić information content (AvgIpc) is 3.04. The van der Waals surface area contributed by atoms with Gasteiger partial charge in [-0.05, 0) is 47.5 Å². The summed E-state index contributed by atoms with van der Waals surface area (Å²) in [4.78, 5) is 31.6. The number of likely N-dealkylation sites (tertiary alicyclic amines) is 1. The molecular formula is C24H19BrN2O4. The molecule has 1 saturated heterocycles. The number of aliphatic hydroxyl groups is 1. The third kappa shape index (κ3) is 4.09. The van der Waals surface area contributed by atoms with Crippen LogP contribution in [-0.4, -0.2) is 33.8 Å². The van der Waals surface area contributed by atoms with Crippen LogP contribution in [0.15, 0.2) is 83.1 Å². The number of hydrogen-bond donors (Lipinski definition) is 1. The zero-order valence-corrected chi connectivity index (χ0v) is 18.2. The van der Waals surface area contributed by atoms with E-state index in [9.17, 15) is 14.7 Å². The predicted octanol–water partition coefficient (Wildman–Crippen LogP) is 4.47.